The molecular formula is C49H110O. The second kappa shape index (κ2) is 43.1. The van der Waals surface area contributed by atoms with Crippen LogP contribution in [0.15, 0.2) is 12.2 Å². The Kier molecular flexibility index (Phi) is 55.7. The second-order valence-electron chi connectivity index (χ2n) is 18.2. The fraction of sp³-hybridized carbons (Fsp3) is 0.959. The van der Waals surface area contributed by atoms with E-state index < -0.39 is 0 Å². The van der Waals surface area contributed by atoms with Crippen LogP contribution in [0.1, 0.15) is 250 Å². The van der Waals surface area contributed by atoms with E-state index in [-0.39, 0.29) is 0 Å². The quantitative estimate of drug-likeness (QED) is 0.136. The van der Waals surface area contributed by atoms with E-state index in [4.69, 9.17) is 4.74 Å². The van der Waals surface area contributed by atoms with Crippen molar-refractivity contribution >= 4 is 0 Å². The summed E-state index contributed by atoms with van der Waals surface area (Å²) in [7, 11) is 1.77. The van der Waals surface area contributed by atoms with Crippen LogP contribution in [0.2, 0.25) is 0 Å². The van der Waals surface area contributed by atoms with Crippen molar-refractivity contribution < 1.29 is 4.74 Å². The van der Waals surface area contributed by atoms with Gasteiger partial charge in [-0.05, 0) is 71.5 Å². The Morgan fingerprint density at radius 1 is 0.560 bits per heavy atom. The Bertz CT molecular complexity index is 581. The molecule has 0 aliphatic heterocycles. The van der Waals surface area contributed by atoms with Gasteiger partial charge in [-0.25, -0.2) is 0 Å². The SMILES string of the molecule is C=C(CC)CC.CC(C)CC(C)C.CCC(C)(C)C(C)C.CCC(C)(C)CC.CCC(C)(CC)CCOC.CCC(C)CC.CCCC(C)C. The Hall–Kier alpha value is -0.300. The van der Waals surface area contributed by atoms with Crippen LogP contribution >= 0.6 is 0 Å². The van der Waals surface area contributed by atoms with E-state index in [1.165, 1.54) is 76.2 Å². The molecule has 0 saturated heterocycles. The van der Waals surface area contributed by atoms with Crippen LogP contribution in [0.5, 0.6) is 0 Å². The molecular weight excluding hydrogens is 605 g/mol. The number of hydrogen-bond acceptors (Lipinski definition) is 1. The smallest absolute Gasteiger partial charge is 0.0467 e. The summed E-state index contributed by atoms with van der Waals surface area (Å²) in [5, 5.41) is 0. The van der Waals surface area contributed by atoms with Gasteiger partial charge in [0.15, 0.2) is 0 Å². The van der Waals surface area contributed by atoms with Crippen molar-refractivity contribution in [2.24, 2.45) is 45.8 Å². The highest BCUT2D eigenvalue weighted by molar-refractivity contribution is 4.89. The first-order chi connectivity index (χ1) is 22.8. The fourth-order valence-electron chi connectivity index (χ4n) is 3.67. The van der Waals surface area contributed by atoms with Crippen LogP contribution < -0.4 is 0 Å². The predicted molar refractivity (Wildman–Crippen MR) is 242 cm³/mol. The highest BCUT2D eigenvalue weighted by atomic mass is 16.5. The molecule has 0 saturated carbocycles. The summed E-state index contributed by atoms with van der Waals surface area (Å²) in [6.45, 7) is 58.8. The molecule has 312 valence electrons. The fourth-order valence-corrected chi connectivity index (χ4v) is 3.67. The average Bonchev–Trinajstić information content (AvgIpc) is 3.07. The van der Waals surface area contributed by atoms with Crippen molar-refractivity contribution in [2.75, 3.05) is 13.7 Å². The van der Waals surface area contributed by atoms with Gasteiger partial charge in [0, 0.05) is 13.7 Å². The molecule has 50 heavy (non-hydrogen) atoms. The third-order valence-corrected chi connectivity index (χ3v) is 11.2. The lowest BCUT2D eigenvalue weighted by atomic mass is 9.79. The highest BCUT2D eigenvalue weighted by Crippen LogP contribution is 2.29. The van der Waals surface area contributed by atoms with Crippen LogP contribution in [0.4, 0.5) is 0 Å². The Balaban J connectivity index is -0.0000000870. The minimum Gasteiger partial charge on any atom is -0.385 e. The monoisotopic (exact) mass is 715 g/mol. The van der Waals surface area contributed by atoms with Crippen LogP contribution in [0, 0.1) is 45.8 Å². The standard InChI is InChI=1S/C9H20O.C8H18.2C7H16.2C6H14.C6H12/c1-5-9(3,6-2)7-8-10-4;1-6-8(4,5)7(2)3;1-6(2)5-7(3)4;1-5-7(3,4)6-2;1-4-5-6(2)3;2*1-4-6(3)5-2/h5-8H2,1-4H3;7H,6H2,1-5H3;6-7H,5H2,1-4H3;5-6H2,1-4H3;2*6H,4-5H2,1-3H3;3-5H2,1-2H3. The van der Waals surface area contributed by atoms with E-state index in [1.54, 1.807) is 7.11 Å². The van der Waals surface area contributed by atoms with E-state index in [9.17, 15) is 0 Å². The van der Waals surface area contributed by atoms with Gasteiger partial charge in [0.2, 0.25) is 0 Å². The number of rotatable bonds is 17. The van der Waals surface area contributed by atoms with Crippen LogP contribution in [0.3, 0.4) is 0 Å². The molecule has 0 fully saturated rings. The van der Waals surface area contributed by atoms with Gasteiger partial charge >= 0.3 is 0 Å². The van der Waals surface area contributed by atoms with E-state index in [1.807, 2.05) is 0 Å². The lowest BCUT2D eigenvalue weighted by Gasteiger charge is -2.27. The molecule has 0 radical (unpaired) electrons. The first-order valence-corrected chi connectivity index (χ1v) is 22.0. The van der Waals surface area contributed by atoms with Gasteiger partial charge in [0.1, 0.15) is 0 Å². The minimum atomic E-state index is 0.510. The molecule has 0 bridgehead atoms. The van der Waals surface area contributed by atoms with Crippen LogP contribution in [-0.4, -0.2) is 13.7 Å². The Morgan fingerprint density at radius 3 is 1.00 bits per heavy atom. The molecule has 0 amide bonds. The molecule has 1 nitrogen and oxygen atoms in total. The molecule has 1 heteroatoms. The third kappa shape index (κ3) is 62.8. The number of allylic oxidation sites excluding steroid dienone is 1. The normalized spacial score (nSPS) is 11.1. The molecule has 0 spiro atoms. The molecule has 0 rings (SSSR count). The third-order valence-electron chi connectivity index (χ3n) is 11.2. The molecule has 0 heterocycles. The van der Waals surface area contributed by atoms with Crippen LogP contribution in [0.25, 0.3) is 0 Å². The average molecular weight is 715 g/mol. The van der Waals surface area contributed by atoms with Gasteiger partial charge in [-0.3, -0.25) is 0 Å². The van der Waals surface area contributed by atoms with E-state index >= 15 is 0 Å². The second-order valence-corrected chi connectivity index (χ2v) is 18.2. The number of ether oxygens (including phenoxy) is 1. The first-order valence-electron chi connectivity index (χ1n) is 22.0. The van der Waals surface area contributed by atoms with Gasteiger partial charge in [-0.2, -0.15) is 0 Å². The van der Waals surface area contributed by atoms with Gasteiger partial charge in [-0.1, -0.05) is 236 Å². The van der Waals surface area contributed by atoms with Gasteiger partial charge in [0.25, 0.3) is 0 Å². The molecule has 0 aliphatic rings. The Morgan fingerprint density at radius 2 is 0.940 bits per heavy atom. The molecule has 0 N–H and O–H groups in total. The summed E-state index contributed by atoms with van der Waals surface area (Å²) in [6, 6.07) is 0. The van der Waals surface area contributed by atoms with Crippen molar-refractivity contribution in [2.45, 2.75) is 250 Å². The zero-order valence-electron chi connectivity index (χ0n) is 40.9. The van der Waals surface area contributed by atoms with Crippen molar-refractivity contribution in [3.05, 3.63) is 12.2 Å². The van der Waals surface area contributed by atoms with Crippen molar-refractivity contribution in [1.29, 1.82) is 0 Å². The molecule has 0 atom stereocenters. The molecule has 0 aliphatic carbocycles. The molecule has 0 unspecified atom stereocenters. The zero-order chi connectivity index (χ0) is 41.6. The largest absolute Gasteiger partial charge is 0.385 e. The topological polar surface area (TPSA) is 9.23 Å². The van der Waals surface area contributed by atoms with Gasteiger partial charge < -0.3 is 4.74 Å². The summed E-state index contributed by atoms with van der Waals surface area (Å²) in [5.74, 6) is 4.40. The maximum absolute atomic E-state index is 5.04. The van der Waals surface area contributed by atoms with E-state index in [2.05, 4.69) is 173 Å². The van der Waals surface area contributed by atoms with Crippen molar-refractivity contribution in [3.8, 4) is 0 Å². The van der Waals surface area contributed by atoms with E-state index in [0.29, 0.717) is 16.2 Å². The summed E-state index contributed by atoms with van der Waals surface area (Å²) < 4.78 is 5.04. The van der Waals surface area contributed by atoms with Crippen LogP contribution in [-0.2, 0) is 4.74 Å². The maximum Gasteiger partial charge on any atom is 0.0467 e. The van der Waals surface area contributed by atoms with E-state index in [0.717, 1.165) is 49.0 Å². The number of hydrogen-bond donors (Lipinski definition) is 0. The lowest BCUT2D eigenvalue weighted by Crippen LogP contribution is -2.17. The van der Waals surface area contributed by atoms with Gasteiger partial charge in [-0.15, -0.1) is 0 Å². The zero-order valence-corrected chi connectivity index (χ0v) is 40.9. The maximum atomic E-state index is 5.04. The summed E-state index contributed by atoms with van der Waals surface area (Å²) >= 11 is 0. The molecule has 0 aromatic rings. The van der Waals surface area contributed by atoms with Crippen molar-refractivity contribution in [1.82, 2.24) is 0 Å². The number of methoxy groups -OCH3 is 1. The minimum absolute atomic E-state index is 0.510. The molecule has 0 aromatic carbocycles. The summed E-state index contributed by atoms with van der Waals surface area (Å²) in [6.07, 6.45) is 16.6. The Labute approximate surface area is 325 Å². The van der Waals surface area contributed by atoms with Gasteiger partial charge in [0.05, 0.1) is 0 Å². The highest BCUT2D eigenvalue weighted by Gasteiger charge is 2.19. The summed E-state index contributed by atoms with van der Waals surface area (Å²) in [5.41, 5.74) is 2.98. The summed E-state index contributed by atoms with van der Waals surface area (Å²) in [4.78, 5) is 0. The first kappa shape index (κ1) is 64.6. The van der Waals surface area contributed by atoms with Crippen molar-refractivity contribution in [3.63, 3.8) is 0 Å². The lowest BCUT2D eigenvalue weighted by molar-refractivity contribution is 0.138. The molecule has 0 aromatic heterocycles. The predicted octanol–water partition coefficient (Wildman–Crippen LogP) is 18.7.